The van der Waals surface area contributed by atoms with Gasteiger partial charge in [0.2, 0.25) is 11.8 Å². The van der Waals surface area contributed by atoms with E-state index in [0.717, 1.165) is 15.4 Å². The Labute approximate surface area is 267 Å². The second-order valence-electron chi connectivity index (χ2n) is 9.89. The molecule has 0 unspecified atom stereocenters. The second kappa shape index (κ2) is 14.3. The van der Waals surface area contributed by atoms with Crippen molar-refractivity contribution in [3.63, 3.8) is 0 Å². The predicted molar refractivity (Wildman–Crippen MR) is 172 cm³/mol. The summed E-state index contributed by atoms with van der Waals surface area (Å²) in [5, 5.41) is 3.69. The number of nitrogens with zero attached hydrogens (tertiary/aromatic N) is 2. The topological polar surface area (TPSA) is 86.8 Å². The van der Waals surface area contributed by atoms with Crippen LogP contribution in [0.15, 0.2) is 102 Å². The molecule has 4 aromatic rings. The average molecular weight is 659 g/mol. The van der Waals surface area contributed by atoms with E-state index in [-0.39, 0.29) is 28.6 Å². The van der Waals surface area contributed by atoms with Crippen molar-refractivity contribution in [2.24, 2.45) is 0 Å². The zero-order chi connectivity index (χ0) is 31.1. The monoisotopic (exact) mass is 657 g/mol. The highest BCUT2D eigenvalue weighted by molar-refractivity contribution is 7.92. The van der Waals surface area contributed by atoms with Crippen molar-refractivity contribution in [1.82, 2.24) is 10.2 Å². The number of hydrogen-bond donors (Lipinski definition) is 1. The fourth-order valence-electron chi connectivity index (χ4n) is 4.53. The number of carbonyl (C=O) groups excluding carboxylic acids is 2. The standard InChI is InChI=1S/C32H30Cl3N3O4S/c1-22-8-15-27(16-9-22)43(41,42)38(26-13-11-25(33)12-14-26)21-31(39)37(20-24-10-17-28(34)29(35)18-24)30(32(40)36-2)19-23-6-4-3-5-7-23/h3-18,30H,19-21H2,1-2H3,(H,36,40)/t30-/m0/s1. The first-order valence-corrected chi connectivity index (χ1v) is 15.9. The normalized spacial score (nSPS) is 11.9. The Morgan fingerprint density at radius 3 is 2.07 bits per heavy atom. The third-order valence-electron chi connectivity index (χ3n) is 6.86. The average Bonchev–Trinajstić information content (AvgIpc) is 3.00. The Bertz CT molecular complexity index is 1680. The van der Waals surface area contributed by atoms with E-state index in [1.807, 2.05) is 37.3 Å². The van der Waals surface area contributed by atoms with Crippen LogP contribution in [0.25, 0.3) is 0 Å². The minimum atomic E-state index is -4.20. The predicted octanol–water partition coefficient (Wildman–Crippen LogP) is 6.54. The molecule has 7 nitrogen and oxygen atoms in total. The molecule has 4 aromatic carbocycles. The SMILES string of the molecule is CNC(=O)[C@H](Cc1ccccc1)N(Cc1ccc(Cl)c(Cl)c1)C(=O)CN(c1ccc(Cl)cc1)S(=O)(=O)c1ccc(C)cc1. The van der Waals surface area contributed by atoms with Gasteiger partial charge in [0.1, 0.15) is 12.6 Å². The summed E-state index contributed by atoms with van der Waals surface area (Å²) >= 11 is 18.5. The molecule has 224 valence electrons. The molecule has 0 aliphatic rings. The van der Waals surface area contributed by atoms with Crippen LogP contribution in [0, 0.1) is 6.92 Å². The van der Waals surface area contributed by atoms with E-state index in [9.17, 15) is 18.0 Å². The minimum absolute atomic E-state index is 0.0176. The van der Waals surface area contributed by atoms with Crippen LogP contribution in [0.3, 0.4) is 0 Å². The zero-order valence-corrected chi connectivity index (χ0v) is 26.6. The number of amides is 2. The summed E-state index contributed by atoms with van der Waals surface area (Å²) in [7, 11) is -2.71. The van der Waals surface area contributed by atoms with Crippen molar-refractivity contribution in [1.29, 1.82) is 0 Å². The molecule has 0 saturated heterocycles. The molecule has 0 heterocycles. The Balaban J connectivity index is 1.79. The number of rotatable bonds is 11. The maximum Gasteiger partial charge on any atom is 0.264 e. The molecule has 0 saturated carbocycles. The lowest BCUT2D eigenvalue weighted by molar-refractivity contribution is -0.139. The van der Waals surface area contributed by atoms with E-state index in [4.69, 9.17) is 34.8 Å². The lowest BCUT2D eigenvalue weighted by Gasteiger charge is -2.33. The maximum absolute atomic E-state index is 14.3. The number of nitrogens with one attached hydrogen (secondary N) is 1. The smallest absolute Gasteiger partial charge is 0.264 e. The summed E-state index contributed by atoms with van der Waals surface area (Å²) < 4.78 is 29.0. The van der Waals surface area contributed by atoms with Gasteiger partial charge in [-0.05, 0) is 66.6 Å². The van der Waals surface area contributed by atoms with Gasteiger partial charge in [-0.1, -0.05) is 88.9 Å². The van der Waals surface area contributed by atoms with Crippen LogP contribution in [0.2, 0.25) is 15.1 Å². The van der Waals surface area contributed by atoms with Gasteiger partial charge in [-0.3, -0.25) is 13.9 Å². The molecule has 0 spiro atoms. The molecule has 0 radical (unpaired) electrons. The minimum Gasteiger partial charge on any atom is -0.357 e. The van der Waals surface area contributed by atoms with Gasteiger partial charge in [0.25, 0.3) is 10.0 Å². The van der Waals surface area contributed by atoms with Gasteiger partial charge in [0, 0.05) is 25.0 Å². The second-order valence-corrected chi connectivity index (χ2v) is 13.0. The van der Waals surface area contributed by atoms with Gasteiger partial charge in [-0.25, -0.2) is 8.42 Å². The van der Waals surface area contributed by atoms with Crippen molar-refractivity contribution >= 4 is 62.3 Å². The van der Waals surface area contributed by atoms with E-state index in [0.29, 0.717) is 15.6 Å². The fourth-order valence-corrected chi connectivity index (χ4v) is 6.39. The van der Waals surface area contributed by atoms with E-state index in [2.05, 4.69) is 5.32 Å². The Morgan fingerprint density at radius 1 is 0.814 bits per heavy atom. The quantitative estimate of drug-likeness (QED) is 0.198. The van der Waals surface area contributed by atoms with Gasteiger partial charge in [-0.15, -0.1) is 0 Å². The van der Waals surface area contributed by atoms with Crippen molar-refractivity contribution in [2.75, 3.05) is 17.9 Å². The largest absolute Gasteiger partial charge is 0.357 e. The number of likely N-dealkylation sites (N-methyl/N-ethyl adjacent to an activating group) is 1. The van der Waals surface area contributed by atoms with Crippen LogP contribution >= 0.6 is 34.8 Å². The molecule has 11 heteroatoms. The molecule has 0 aromatic heterocycles. The van der Waals surface area contributed by atoms with Crippen molar-refractivity contribution in [2.45, 2.75) is 30.8 Å². The summed E-state index contributed by atoms with van der Waals surface area (Å²) in [4.78, 5) is 29.0. The van der Waals surface area contributed by atoms with Crippen LogP contribution in [-0.2, 0) is 32.6 Å². The number of aryl methyl sites for hydroxylation is 1. The Hall–Kier alpha value is -3.56. The van der Waals surface area contributed by atoms with Gasteiger partial charge >= 0.3 is 0 Å². The number of halogens is 3. The third-order valence-corrected chi connectivity index (χ3v) is 9.64. The van der Waals surface area contributed by atoms with Gasteiger partial charge in [-0.2, -0.15) is 0 Å². The molecule has 43 heavy (non-hydrogen) atoms. The molecule has 0 fully saturated rings. The first-order valence-electron chi connectivity index (χ1n) is 13.3. The highest BCUT2D eigenvalue weighted by atomic mass is 35.5. The fraction of sp³-hybridized carbons (Fsp3) is 0.188. The summed E-state index contributed by atoms with van der Waals surface area (Å²) in [5.74, 6) is -1.00. The first kappa shape index (κ1) is 32.4. The molecule has 1 atom stereocenters. The first-order chi connectivity index (χ1) is 20.5. The van der Waals surface area contributed by atoms with Crippen LogP contribution in [0.1, 0.15) is 16.7 Å². The van der Waals surface area contributed by atoms with Crippen LogP contribution in [0.4, 0.5) is 5.69 Å². The molecule has 0 aliphatic carbocycles. The number of carbonyl (C=O) groups is 2. The summed E-state index contributed by atoms with van der Waals surface area (Å²) in [6.07, 6.45) is 0.194. The van der Waals surface area contributed by atoms with E-state index >= 15 is 0 Å². The van der Waals surface area contributed by atoms with E-state index in [1.54, 1.807) is 42.5 Å². The lowest BCUT2D eigenvalue weighted by atomic mass is 10.0. The number of hydrogen-bond acceptors (Lipinski definition) is 4. The van der Waals surface area contributed by atoms with Crippen molar-refractivity contribution in [3.05, 3.63) is 129 Å². The highest BCUT2D eigenvalue weighted by Gasteiger charge is 2.34. The molecule has 0 aliphatic heterocycles. The molecule has 0 bridgehead atoms. The number of anilines is 1. The third kappa shape index (κ3) is 8.09. The summed E-state index contributed by atoms with van der Waals surface area (Å²) in [6, 6.07) is 25.8. The zero-order valence-electron chi connectivity index (χ0n) is 23.5. The van der Waals surface area contributed by atoms with Crippen LogP contribution in [0.5, 0.6) is 0 Å². The maximum atomic E-state index is 14.3. The van der Waals surface area contributed by atoms with Crippen molar-refractivity contribution in [3.8, 4) is 0 Å². The summed E-state index contributed by atoms with van der Waals surface area (Å²) in [5.41, 5.74) is 2.57. The molecule has 2 amide bonds. The Morgan fingerprint density at radius 2 is 1.47 bits per heavy atom. The van der Waals surface area contributed by atoms with E-state index < -0.39 is 34.4 Å². The molecule has 4 rings (SSSR count). The van der Waals surface area contributed by atoms with Crippen LogP contribution in [-0.4, -0.2) is 44.8 Å². The number of benzene rings is 4. The molecular formula is C32H30Cl3N3O4S. The van der Waals surface area contributed by atoms with Crippen molar-refractivity contribution < 1.29 is 18.0 Å². The van der Waals surface area contributed by atoms with Gasteiger partial charge in [0.15, 0.2) is 0 Å². The summed E-state index contributed by atoms with van der Waals surface area (Å²) in [6.45, 7) is 1.24. The molecule has 1 N–H and O–H groups in total. The van der Waals surface area contributed by atoms with Gasteiger partial charge < -0.3 is 10.2 Å². The Kier molecular flexibility index (Phi) is 10.7. The van der Waals surface area contributed by atoms with E-state index in [1.165, 1.54) is 36.2 Å². The van der Waals surface area contributed by atoms with Crippen LogP contribution < -0.4 is 9.62 Å². The highest BCUT2D eigenvalue weighted by Crippen LogP contribution is 2.28. The lowest BCUT2D eigenvalue weighted by Crippen LogP contribution is -2.53. The molecular weight excluding hydrogens is 629 g/mol. The van der Waals surface area contributed by atoms with Gasteiger partial charge in [0.05, 0.1) is 20.6 Å². The number of sulfonamides is 1.